The molecule has 1 fully saturated rings. The topological polar surface area (TPSA) is 191 Å². The summed E-state index contributed by atoms with van der Waals surface area (Å²) >= 11 is 0. The Labute approximate surface area is 287 Å². The number of ether oxygens (including phenoxy) is 1. The Morgan fingerprint density at radius 1 is 0.820 bits per heavy atom. The van der Waals surface area contributed by atoms with Gasteiger partial charge in [0.25, 0.3) is 4.93 Å². The second-order valence-corrected chi connectivity index (χ2v) is 14.4. The second kappa shape index (κ2) is 12.2. The van der Waals surface area contributed by atoms with Crippen LogP contribution >= 0.6 is 0 Å². The second-order valence-electron chi connectivity index (χ2n) is 12.3. The number of aromatic nitrogens is 4. The number of ketones is 1. The molecule has 0 bridgehead atoms. The lowest BCUT2D eigenvalue weighted by Crippen LogP contribution is -2.69. The van der Waals surface area contributed by atoms with Gasteiger partial charge in [-0.1, -0.05) is 121 Å². The Balaban J connectivity index is 1.57. The number of nitrogen functional groups attached to an aromatic ring is 1. The molecular formula is C37H33N5O7S. The molecular weight excluding hydrogens is 659 g/mol. The average Bonchev–Trinajstić information content (AvgIpc) is 3.68. The maximum absolute atomic E-state index is 14.8. The van der Waals surface area contributed by atoms with E-state index in [1.807, 2.05) is 0 Å². The summed E-state index contributed by atoms with van der Waals surface area (Å²) in [5.74, 6) is -1.24. The number of hydrogen-bond donors (Lipinski definition) is 4. The summed E-state index contributed by atoms with van der Waals surface area (Å²) < 4.78 is 35.6. The van der Waals surface area contributed by atoms with Gasteiger partial charge in [-0.25, -0.2) is 23.4 Å². The van der Waals surface area contributed by atoms with E-state index < -0.39 is 50.0 Å². The minimum atomic E-state index is -4.90. The van der Waals surface area contributed by atoms with Gasteiger partial charge in [0.1, 0.15) is 24.1 Å². The molecule has 1 saturated heterocycles. The van der Waals surface area contributed by atoms with Crippen molar-refractivity contribution >= 4 is 32.6 Å². The van der Waals surface area contributed by atoms with Crippen LogP contribution in [0.1, 0.15) is 33.3 Å². The van der Waals surface area contributed by atoms with E-state index in [2.05, 4.69) is 15.0 Å². The van der Waals surface area contributed by atoms with E-state index in [0.29, 0.717) is 22.9 Å². The number of Topliss-reactive ketones (excluding diaryl/α,β-unsaturated/α-hetero) is 1. The van der Waals surface area contributed by atoms with Gasteiger partial charge in [0, 0.05) is 11.8 Å². The highest BCUT2D eigenvalue weighted by molar-refractivity contribution is 7.92. The number of rotatable bonds is 9. The summed E-state index contributed by atoms with van der Waals surface area (Å²) in [6.45, 7) is 0. The lowest BCUT2D eigenvalue weighted by molar-refractivity contribution is -0.117. The largest absolute Gasteiger partial charge is 0.389 e. The van der Waals surface area contributed by atoms with Gasteiger partial charge >= 0.3 is 0 Å². The summed E-state index contributed by atoms with van der Waals surface area (Å²) in [4.78, 5) is 23.7. The summed E-state index contributed by atoms with van der Waals surface area (Å²) in [5, 5.41) is 38.9. The number of benzene rings is 4. The van der Waals surface area contributed by atoms with Crippen LogP contribution in [0, 0.1) is 0 Å². The monoisotopic (exact) mass is 691 g/mol. The lowest BCUT2D eigenvalue weighted by Gasteiger charge is -2.45. The quantitative estimate of drug-likeness (QED) is 0.129. The molecule has 5 N–H and O–H groups in total. The van der Waals surface area contributed by atoms with Crippen molar-refractivity contribution in [2.24, 2.45) is 0 Å². The number of aliphatic hydroxyl groups is 3. The van der Waals surface area contributed by atoms with Crippen LogP contribution in [0.4, 0.5) is 5.82 Å². The average molecular weight is 692 g/mol. The van der Waals surface area contributed by atoms with E-state index in [-0.39, 0.29) is 22.5 Å². The zero-order valence-electron chi connectivity index (χ0n) is 26.7. The first-order chi connectivity index (χ1) is 24.0. The molecule has 3 heterocycles. The number of carbonyl (C=O) groups is 1. The van der Waals surface area contributed by atoms with E-state index in [1.54, 1.807) is 97.1 Å². The van der Waals surface area contributed by atoms with Crippen molar-refractivity contribution in [2.75, 3.05) is 12.0 Å². The van der Waals surface area contributed by atoms with Crippen molar-refractivity contribution in [3.05, 3.63) is 156 Å². The Kier molecular flexibility index (Phi) is 8.12. The zero-order chi connectivity index (χ0) is 35.3. The highest BCUT2D eigenvalue weighted by Gasteiger charge is 2.78. The number of anilines is 1. The number of aliphatic hydroxyl groups excluding tert-OH is 1. The molecule has 2 aromatic heterocycles. The number of carbonyl (C=O) groups excluding carboxylic acids is 1. The highest BCUT2D eigenvalue weighted by atomic mass is 32.2. The van der Waals surface area contributed by atoms with Crippen molar-refractivity contribution in [3.63, 3.8) is 0 Å². The van der Waals surface area contributed by atoms with Crippen LogP contribution in [0.15, 0.2) is 134 Å². The summed E-state index contributed by atoms with van der Waals surface area (Å²) in [7, 11) is -4.90. The molecule has 1 unspecified atom stereocenters. The number of imidazole rings is 1. The number of hydrogen-bond acceptors (Lipinski definition) is 11. The number of nitrogens with zero attached hydrogens (tertiary/aromatic N) is 4. The number of sulfone groups is 1. The van der Waals surface area contributed by atoms with Crippen molar-refractivity contribution in [2.45, 2.75) is 34.4 Å². The molecule has 0 spiro atoms. The molecule has 50 heavy (non-hydrogen) atoms. The van der Waals surface area contributed by atoms with Crippen LogP contribution in [0.5, 0.6) is 0 Å². The van der Waals surface area contributed by atoms with Gasteiger partial charge in [0.05, 0.1) is 11.7 Å². The van der Waals surface area contributed by atoms with Crippen molar-refractivity contribution in [1.29, 1.82) is 0 Å². The molecule has 0 amide bonds. The van der Waals surface area contributed by atoms with Gasteiger partial charge < -0.3 is 25.8 Å². The van der Waals surface area contributed by atoms with Gasteiger partial charge in [-0.15, -0.1) is 0 Å². The van der Waals surface area contributed by atoms with Crippen LogP contribution in [0.25, 0.3) is 11.2 Å². The fourth-order valence-corrected chi connectivity index (χ4v) is 8.54. The third-order valence-corrected chi connectivity index (χ3v) is 11.2. The molecule has 6 aromatic rings. The van der Waals surface area contributed by atoms with E-state index in [1.165, 1.54) is 24.3 Å². The van der Waals surface area contributed by atoms with Crippen LogP contribution in [0.2, 0.25) is 0 Å². The zero-order valence-corrected chi connectivity index (χ0v) is 27.5. The predicted molar refractivity (Wildman–Crippen MR) is 184 cm³/mol. The molecule has 12 nitrogen and oxygen atoms in total. The first-order valence-electron chi connectivity index (χ1n) is 15.6. The normalized spacial score (nSPS) is 23.1. The fourth-order valence-electron chi connectivity index (χ4n) is 7.23. The van der Waals surface area contributed by atoms with Crippen LogP contribution in [-0.2, 0) is 20.0 Å². The smallest absolute Gasteiger partial charge is 0.250 e. The molecule has 1 aliphatic heterocycles. The van der Waals surface area contributed by atoms with Gasteiger partial charge in [-0.2, -0.15) is 0 Å². The van der Waals surface area contributed by atoms with Gasteiger partial charge in [0.2, 0.25) is 11.4 Å². The first kappa shape index (κ1) is 33.2. The molecule has 13 heteroatoms. The minimum Gasteiger partial charge on any atom is -0.389 e. The molecule has 7 rings (SSSR count). The van der Waals surface area contributed by atoms with E-state index in [0.717, 1.165) is 17.2 Å². The van der Waals surface area contributed by atoms with Gasteiger partial charge in [0.15, 0.2) is 27.5 Å². The summed E-state index contributed by atoms with van der Waals surface area (Å²) in [5.41, 5.74) is 2.54. The molecule has 254 valence electrons. The number of nitrogens with two attached hydrogens (primary N) is 1. The summed E-state index contributed by atoms with van der Waals surface area (Å²) in [6.07, 6.45) is -3.21. The number of fused-ring (bicyclic) bond motifs is 1. The molecule has 5 atom stereocenters. The predicted octanol–water partition coefficient (Wildman–Crippen LogP) is 3.05. The van der Waals surface area contributed by atoms with E-state index >= 15 is 0 Å². The molecule has 0 saturated carbocycles. The molecule has 0 aliphatic carbocycles. The Bertz CT molecular complexity index is 2180. The molecule has 0 radical (unpaired) electrons. The van der Waals surface area contributed by atoms with E-state index in [9.17, 15) is 28.5 Å². The third kappa shape index (κ3) is 4.70. The third-order valence-electron chi connectivity index (χ3n) is 9.57. The van der Waals surface area contributed by atoms with Crippen molar-refractivity contribution in [1.82, 2.24) is 19.5 Å². The van der Waals surface area contributed by atoms with Gasteiger partial charge in [-0.05, 0) is 16.7 Å². The molecule has 1 aliphatic rings. The van der Waals surface area contributed by atoms with Crippen LogP contribution < -0.4 is 5.73 Å². The van der Waals surface area contributed by atoms with E-state index in [4.69, 9.17) is 10.5 Å². The standard InChI is InChI=1S/C37H33N5O7S/c1-50(47,48)37(46)34(42-23-41-28-32(38)39-22-40-33(28)42)49-31(36(37,45)29(43)24-14-6-2-7-15-24)30(44)35(25-16-8-3-9-17-25,26-18-10-4-11-19-26)27-20-12-5-13-21-27/h2-23,30-31,34,44-46H,1H3,(H2,38,39,40)/t30?,31-,34-,36+,37-/m1/s1. The first-order valence-corrected chi connectivity index (χ1v) is 17.5. The highest BCUT2D eigenvalue weighted by Crippen LogP contribution is 2.55. The van der Waals surface area contributed by atoms with Crippen molar-refractivity contribution in [3.8, 4) is 0 Å². The van der Waals surface area contributed by atoms with Crippen LogP contribution in [-0.4, -0.2) is 78.0 Å². The Morgan fingerprint density at radius 2 is 1.30 bits per heavy atom. The fraction of sp³-hybridized carbons (Fsp3) is 0.189. The van der Waals surface area contributed by atoms with Crippen LogP contribution in [0.3, 0.4) is 0 Å². The Hall–Kier alpha value is -5.31. The lowest BCUT2D eigenvalue weighted by atomic mass is 9.62. The van der Waals surface area contributed by atoms with Crippen molar-refractivity contribution < 1.29 is 33.3 Å². The van der Waals surface area contributed by atoms with Gasteiger partial charge in [-0.3, -0.25) is 9.36 Å². The molecule has 4 aromatic carbocycles. The minimum absolute atomic E-state index is 0.0434. The summed E-state index contributed by atoms with van der Waals surface area (Å²) in [6, 6.07) is 34.2. The maximum atomic E-state index is 14.8. The SMILES string of the molecule is CS(=O)(=O)[C@]1(O)[C@H](n2cnc3c(N)ncnc32)O[C@H](C(O)C(c2ccccc2)(c2ccccc2)c2ccccc2)[C@@]1(O)C(=O)c1ccccc1. The Morgan fingerprint density at radius 3 is 1.78 bits per heavy atom. The maximum Gasteiger partial charge on any atom is 0.250 e.